The molecule has 0 aromatic heterocycles. The van der Waals surface area contributed by atoms with Gasteiger partial charge in [-0.25, -0.2) is 8.42 Å². The van der Waals surface area contributed by atoms with Crippen molar-refractivity contribution in [1.82, 2.24) is 0 Å². The quantitative estimate of drug-likeness (QED) is 0.781. The first-order valence-corrected chi connectivity index (χ1v) is 8.04. The van der Waals surface area contributed by atoms with Gasteiger partial charge in [-0.15, -0.1) is 0 Å². The maximum absolute atomic E-state index is 11.0. The molecule has 1 atom stereocenters. The second-order valence-electron chi connectivity index (χ2n) is 4.32. The molecule has 0 N–H and O–H groups in total. The Morgan fingerprint density at radius 3 is 2.81 bits per heavy atom. The van der Waals surface area contributed by atoms with Crippen LogP contribution in [0.2, 0.25) is 0 Å². The minimum atomic E-state index is -3.35. The van der Waals surface area contributed by atoms with Gasteiger partial charge in [-0.1, -0.05) is 24.3 Å². The Morgan fingerprint density at radius 1 is 1.31 bits per heavy atom. The van der Waals surface area contributed by atoms with E-state index in [-0.39, 0.29) is 5.75 Å². The van der Waals surface area contributed by atoms with Gasteiger partial charge in [0.1, 0.15) is 0 Å². The smallest absolute Gasteiger partial charge is 0.212 e. The highest BCUT2D eigenvalue weighted by molar-refractivity contribution is 8.13. The van der Waals surface area contributed by atoms with Gasteiger partial charge in [0.05, 0.1) is 5.75 Å². The predicted octanol–water partition coefficient (Wildman–Crippen LogP) is 3.07. The van der Waals surface area contributed by atoms with Crippen LogP contribution in [0.25, 0.3) is 0 Å². The van der Waals surface area contributed by atoms with Crippen molar-refractivity contribution in [3.05, 3.63) is 35.4 Å². The Bertz CT molecular complexity index is 468. The van der Waals surface area contributed by atoms with Crippen LogP contribution in [0.3, 0.4) is 0 Å². The zero-order valence-electron chi connectivity index (χ0n) is 9.02. The lowest BCUT2D eigenvalue weighted by atomic mass is 9.81. The molecule has 1 unspecified atom stereocenters. The Balaban J connectivity index is 2.13. The fourth-order valence-corrected chi connectivity index (χ4v) is 3.27. The van der Waals surface area contributed by atoms with E-state index in [0.29, 0.717) is 12.3 Å². The van der Waals surface area contributed by atoms with Gasteiger partial charge in [0, 0.05) is 10.7 Å². The van der Waals surface area contributed by atoms with Crippen LogP contribution in [0.5, 0.6) is 0 Å². The molecule has 16 heavy (non-hydrogen) atoms. The number of rotatable bonds is 3. The minimum Gasteiger partial charge on any atom is -0.212 e. The van der Waals surface area contributed by atoms with E-state index in [1.54, 1.807) is 0 Å². The summed E-state index contributed by atoms with van der Waals surface area (Å²) in [5.41, 5.74) is 2.68. The molecular weight excluding hydrogens is 244 g/mol. The molecule has 0 bridgehead atoms. The Morgan fingerprint density at radius 2 is 2.06 bits per heavy atom. The van der Waals surface area contributed by atoms with E-state index >= 15 is 0 Å². The van der Waals surface area contributed by atoms with Gasteiger partial charge in [-0.05, 0) is 42.7 Å². The average molecular weight is 259 g/mol. The first-order valence-electron chi connectivity index (χ1n) is 5.56. The summed E-state index contributed by atoms with van der Waals surface area (Å²) in [4.78, 5) is 0. The third kappa shape index (κ3) is 2.98. The SMILES string of the molecule is O=S(=O)(Cl)CCC1CCCc2ccccc21. The highest BCUT2D eigenvalue weighted by atomic mass is 35.7. The number of aryl methyl sites for hydroxylation is 1. The van der Waals surface area contributed by atoms with Gasteiger partial charge in [0.15, 0.2) is 0 Å². The van der Waals surface area contributed by atoms with E-state index in [0.717, 1.165) is 19.3 Å². The molecule has 2 rings (SSSR count). The monoisotopic (exact) mass is 258 g/mol. The molecule has 0 spiro atoms. The Kier molecular flexibility index (Phi) is 3.55. The third-order valence-electron chi connectivity index (χ3n) is 3.20. The highest BCUT2D eigenvalue weighted by Gasteiger charge is 2.21. The summed E-state index contributed by atoms with van der Waals surface area (Å²) in [6.45, 7) is 0. The van der Waals surface area contributed by atoms with Crippen LogP contribution in [-0.2, 0) is 15.5 Å². The predicted molar refractivity (Wildman–Crippen MR) is 66.4 cm³/mol. The number of halogens is 1. The second kappa shape index (κ2) is 4.76. The summed E-state index contributed by atoms with van der Waals surface area (Å²) < 4.78 is 21.9. The van der Waals surface area contributed by atoms with E-state index in [4.69, 9.17) is 10.7 Å². The first-order chi connectivity index (χ1) is 7.56. The van der Waals surface area contributed by atoms with Crippen molar-refractivity contribution in [3.8, 4) is 0 Å². The summed E-state index contributed by atoms with van der Waals surface area (Å²) in [6.07, 6.45) is 3.97. The molecule has 1 aromatic rings. The zero-order chi connectivity index (χ0) is 11.6. The minimum absolute atomic E-state index is 0.0769. The van der Waals surface area contributed by atoms with Crippen LogP contribution in [0.15, 0.2) is 24.3 Å². The molecule has 0 amide bonds. The summed E-state index contributed by atoms with van der Waals surface area (Å²) >= 11 is 0. The molecule has 0 saturated heterocycles. The maximum Gasteiger partial charge on any atom is 0.232 e. The maximum atomic E-state index is 11.0. The van der Waals surface area contributed by atoms with Gasteiger partial charge in [-0.2, -0.15) is 0 Å². The summed E-state index contributed by atoms with van der Waals surface area (Å²) in [5.74, 6) is 0.437. The number of benzene rings is 1. The Hall–Kier alpha value is -0.540. The summed E-state index contributed by atoms with van der Waals surface area (Å²) in [7, 11) is 1.90. The van der Waals surface area contributed by atoms with E-state index in [1.165, 1.54) is 11.1 Å². The van der Waals surface area contributed by atoms with Crippen molar-refractivity contribution >= 4 is 19.7 Å². The molecule has 4 heteroatoms. The van der Waals surface area contributed by atoms with Gasteiger partial charge in [0.25, 0.3) is 0 Å². The first kappa shape index (κ1) is 11.9. The molecule has 88 valence electrons. The van der Waals surface area contributed by atoms with Gasteiger partial charge >= 0.3 is 0 Å². The molecule has 2 nitrogen and oxygen atoms in total. The number of hydrogen-bond acceptors (Lipinski definition) is 2. The fraction of sp³-hybridized carbons (Fsp3) is 0.500. The molecule has 0 radical (unpaired) electrons. The lowest BCUT2D eigenvalue weighted by Crippen LogP contribution is -2.12. The van der Waals surface area contributed by atoms with Crippen LogP contribution in [0, 0.1) is 0 Å². The molecule has 0 heterocycles. The molecule has 0 aliphatic heterocycles. The lowest BCUT2D eigenvalue weighted by molar-refractivity contribution is 0.534. The normalized spacial score (nSPS) is 20.4. The summed E-state index contributed by atoms with van der Waals surface area (Å²) in [5, 5.41) is 0. The average Bonchev–Trinajstić information content (AvgIpc) is 2.25. The second-order valence-corrected chi connectivity index (χ2v) is 7.22. The zero-order valence-corrected chi connectivity index (χ0v) is 10.6. The van der Waals surface area contributed by atoms with Crippen LogP contribution in [0.1, 0.15) is 36.3 Å². The molecule has 1 aromatic carbocycles. The van der Waals surface area contributed by atoms with E-state index in [2.05, 4.69) is 12.1 Å². The molecule has 1 aliphatic carbocycles. The van der Waals surface area contributed by atoms with Crippen molar-refractivity contribution < 1.29 is 8.42 Å². The lowest BCUT2D eigenvalue weighted by Gasteiger charge is -2.24. The number of fused-ring (bicyclic) bond motifs is 1. The van der Waals surface area contributed by atoms with Crippen LogP contribution in [0.4, 0.5) is 0 Å². The largest absolute Gasteiger partial charge is 0.232 e. The Labute approximate surface area is 101 Å². The van der Waals surface area contributed by atoms with Crippen molar-refractivity contribution in [3.63, 3.8) is 0 Å². The molecule has 0 fully saturated rings. The van der Waals surface area contributed by atoms with Gasteiger partial charge in [0.2, 0.25) is 9.05 Å². The van der Waals surface area contributed by atoms with Crippen LogP contribution in [-0.4, -0.2) is 14.2 Å². The van der Waals surface area contributed by atoms with E-state index < -0.39 is 9.05 Å². The van der Waals surface area contributed by atoms with Crippen LogP contribution < -0.4 is 0 Å². The van der Waals surface area contributed by atoms with Gasteiger partial charge in [-0.3, -0.25) is 0 Å². The summed E-state index contributed by atoms with van der Waals surface area (Å²) in [6, 6.07) is 8.31. The van der Waals surface area contributed by atoms with Crippen molar-refractivity contribution in [2.75, 3.05) is 5.75 Å². The van der Waals surface area contributed by atoms with E-state index in [9.17, 15) is 8.42 Å². The van der Waals surface area contributed by atoms with Crippen molar-refractivity contribution in [1.29, 1.82) is 0 Å². The molecule has 1 aliphatic rings. The molecular formula is C12H15ClO2S. The topological polar surface area (TPSA) is 34.1 Å². The van der Waals surface area contributed by atoms with Crippen LogP contribution >= 0.6 is 10.7 Å². The third-order valence-corrected chi connectivity index (χ3v) is 4.39. The molecule has 0 saturated carbocycles. The highest BCUT2D eigenvalue weighted by Crippen LogP contribution is 2.34. The standard InChI is InChI=1S/C12H15ClO2S/c13-16(14,15)9-8-11-6-3-5-10-4-1-2-7-12(10)11/h1-2,4,7,11H,3,5-6,8-9H2. The fourth-order valence-electron chi connectivity index (χ4n) is 2.44. The van der Waals surface area contributed by atoms with E-state index in [1.807, 2.05) is 12.1 Å². The van der Waals surface area contributed by atoms with Crippen molar-refractivity contribution in [2.45, 2.75) is 31.6 Å². The number of hydrogen-bond donors (Lipinski definition) is 0. The van der Waals surface area contributed by atoms with Gasteiger partial charge < -0.3 is 0 Å². The van der Waals surface area contributed by atoms with Crippen molar-refractivity contribution in [2.24, 2.45) is 0 Å².